The molecule has 1 aromatic carbocycles. The third kappa shape index (κ3) is 4.08. The first-order chi connectivity index (χ1) is 11.6. The molecule has 1 saturated heterocycles. The van der Waals surface area contributed by atoms with Crippen molar-refractivity contribution in [3.63, 3.8) is 0 Å². The van der Waals surface area contributed by atoms with E-state index in [0.717, 1.165) is 45.2 Å². The highest BCUT2D eigenvalue weighted by molar-refractivity contribution is 5.75. The summed E-state index contributed by atoms with van der Waals surface area (Å²) in [5, 5.41) is 15.8. The third-order valence-corrected chi connectivity index (χ3v) is 5.51. The lowest BCUT2D eigenvalue weighted by atomic mass is 9.99. The van der Waals surface area contributed by atoms with E-state index in [1.807, 2.05) is 6.07 Å². The summed E-state index contributed by atoms with van der Waals surface area (Å²) in [4.78, 5) is 14.8. The van der Waals surface area contributed by atoms with Crippen LogP contribution in [0.4, 0.5) is 4.79 Å². The molecule has 24 heavy (non-hydrogen) atoms. The lowest BCUT2D eigenvalue weighted by molar-refractivity contribution is 0.161. The number of carbonyl (C=O) groups is 1. The monoisotopic (exact) mass is 331 g/mol. The van der Waals surface area contributed by atoms with Crippen molar-refractivity contribution < 1.29 is 9.90 Å². The second-order valence-electron chi connectivity index (χ2n) is 7.44. The number of nitrogens with zero attached hydrogens (tertiary/aromatic N) is 1. The minimum absolute atomic E-state index is 0.0294. The number of rotatable bonds is 5. The van der Waals surface area contributed by atoms with Crippen LogP contribution in [-0.4, -0.2) is 46.8 Å². The number of urea groups is 1. The molecule has 2 amide bonds. The van der Waals surface area contributed by atoms with Crippen LogP contribution in [0.5, 0.6) is 0 Å². The maximum absolute atomic E-state index is 12.3. The number of benzene rings is 1. The molecule has 1 aromatic rings. The molecule has 132 valence electrons. The lowest BCUT2D eigenvalue weighted by Gasteiger charge is -2.29. The highest BCUT2D eigenvalue weighted by atomic mass is 16.3. The molecule has 1 aliphatic heterocycles. The van der Waals surface area contributed by atoms with Crippen LogP contribution in [0.25, 0.3) is 0 Å². The lowest BCUT2D eigenvalue weighted by Crippen LogP contribution is -2.54. The Morgan fingerprint density at radius 2 is 2.00 bits per heavy atom. The summed E-state index contributed by atoms with van der Waals surface area (Å²) in [6.45, 7) is 4.04. The van der Waals surface area contributed by atoms with E-state index in [4.69, 9.17) is 0 Å². The van der Waals surface area contributed by atoms with Crippen LogP contribution in [-0.2, 0) is 6.54 Å². The zero-order valence-corrected chi connectivity index (χ0v) is 14.5. The van der Waals surface area contributed by atoms with Gasteiger partial charge >= 0.3 is 6.03 Å². The Labute approximate surface area is 144 Å². The highest BCUT2D eigenvalue weighted by Gasteiger charge is 2.36. The number of amides is 2. The number of aliphatic hydroxyl groups is 1. The van der Waals surface area contributed by atoms with Crippen LogP contribution in [0.3, 0.4) is 0 Å². The molecule has 3 rings (SSSR count). The topological polar surface area (TPSA) is 64.6 Å². The van der Waals surface area contributed by atoms with E-state index in [1.54, 1.807) is 0 Å². The Kier molecular flexibility index (Phi) is 5.41. The van der Waals surface area contributed by atoms with E-state index in [1.165, 1.54) is 5.56 Å². The average molecular weight is 331 g/mol. The minimum Gasteiger partial charge on any atom is -0.394 e. The molecule has 5 nitrogen and oxygen atoms in total. The predicted octanol–water partition coefficient (Wildman–Crippen LogP) is 2.25. The molecule has 1 saturated carbocycles. The fourth-order valence-corrected chi connectivity index (χ4v) is 4.08. The van der Waals surface area contributed by atoms with Crippen molar-refractivity contribution in [1.29, 1.82) is 0 Å². The smallest absolute Gasteiger partial charge is 0.315 e. The normalized spacial score (nSPS) is 26.4. The second-order valence-corrected chi connectivity index (χ2v) is 7.44. The highest BCUT2D eigenvalue weighted by Crippen LogP contribution is 2.29. The number of aliphatic hydroxyl groups excluding tert-OH is 1. The first kappa shape index (κ1) is 17.2. The molecule has 2 unspecified atom stereocenters. The van der Waals surface area contributed by atoms with Gasteiger partial charge in [0.05, 0.1) is 12.1 Å². The van der Waals surface area contributed by atoms with Crippen LogP contribution >= 0.6 is 0 Å². The number of carbonyl (C=O) groups excluding carboxylic acids is 1. The molecule has 2 fully saturated rings. The largest absolute Gasteiger partial charge is 0.394 e. The Morgan fingerprint density at radius 3 is 2.67 bits per heavy atom. The first-order valence-electron chi connectivity index (χ1n) is 9.08. The zero-order chi connectivity index (χ0) is 17.0. The van der Waals surface area contributed by atoms with Gasteiger partial charge in [-0.15, -0.1) is 0 Å². The Hall–Kier alpha value is -1.59. The van der Waals surface area contributed by atoms with Gasteiger partial charge in [-0.25, -0.2) is 4.79 Å². The molecule has 0 radical (unpaired) electrons. The van der Waals surface area contributed by atoms with Gasteiger partial charge in [-0.05, 0) is 31.7 Å². The molecule has 0 aromatic heterocycles. The van der Waals surface area contributed by atoms with Crippen LogP contribution in [0.1, 0.15) is 44.6 Å². The van der Waals surface area contributed by atoms with E-state index in [-0.39, 0.29) is 18.7 Å². The number of hydrogen-bond acceptors (Lipinski definition) is 3. The molecule has 5 heteroatoms. The number of nitrogens with one attached hydrogen (secondary N) is 2. The van der Waals surface area contributed by atoms with Crippen LogP contribution in [0.15, 0.2) is 30.3 Å². The maximum atomic E-state index is 12.3. The van der Waals surface area contributed by atoms with Crippen molar-refractivity contribution in [3.8, 4) is 0 Å². The molecular weight excluding hydrogens is 302 g/mol. The van der Waals surface area contributed by atoms with Crippen LogP contribution < -0.4 is 10.6 Å². The summed E-state index contributed by atoms with van der Waals surface area (Å²) >= 11 is 0. The maximum Gasteiger partial charge on any atom is 0.315 e. The van der Waals surface area contributed by atoms with Crippen molar-refractivity contribution in [2.75, 3.05) is 13.2 Å². The quantitative estimate of drug-likeness (QED) is 0.775. The van der Waals surface area contributed by atoms with Gasteiger partial charge in [-0.3, -0.25) is 4.90 Å². The van der Waals surface area contributed by atoms with Gasteiger partial charge in [0.1, 0.15) is 0 Å². The van der Waals surface area contributed by atoms with Gasteiger partial charge < -0.3 is 15.7 Å². The van der Waals surface area contributed by atoms with E-state index >= 15 is 0 Å². The first-order valence-corrected chi connectivity index (χ1v) is 9.08. The molecule has 2 atom stereocenters. The van der Waals surface area contributed by atoms with E-state index in [9.17, 15) is 9.90 Å². The molecule has 0 bridgehead atoms. The number of hydrogen-bond donors (Lipinski definition) is 3. The molecule has 1 heterocycles. The van der Waals surface area contributed by atoms with Gasteiger partial charge in [0.25, 0.3) is 0 Å². The SMILES string of the molecule is CC1CC(NC(=O)NC2(CO)CCCC2)CN1Cc1ccccc1. The van der Waals surface area contributed by atoms with Gasteiger partial charge in [0.2, 0.25) is 0 Å². The van der Waals surface area contributed by atoms with Crippen LogP contribution in [0, 0.1) is 0 Å². The Balaban J connectivity index is 1.50. The van der Waals surface area contributed by atoms with E-state index in [0.29, 0.717) is 6.04 Å². The summed E-state index contributed by atoms with van der Waals surface area (Å²) in [6.07, 6.45) is 4.86. The summed E-state index contributed by atoms with van der Waals surface area (Å²) in [6, 6.07) is 10.9. The molecule has 0 spiro atoms. The summed E-state index contributed by atoms with van der Waals surface area (Å²) in [7, 11) is 0. The fraction of sp³-hybridized carbons (Fsp3) is 0.632. The van der Waals surface area contributed by atoms with Gasteiger partial charge in [-0.2, -0.15) is 0 Å². The summed E-state index contributed by atoms with van der Waals surface area (Å²) in [5.41, 5.74) is 0.900. The van der Waals surface area contributed by atoms with Crippen molar-refractivity contribution in [2.24, 2.45) is 0 Å². The Morgan fingerprint density at radius 1 is 1.29 bits per heavy atom. The van der Waals surface area contributed by atoms with Crippen molar-refractivity contribution >= 4 is 6.03 Å². The molecular formula is C19H29N3O2. The Bertz CT molecular complexity index is 543. The second kappa shape index (κ2) is 7.53. The predicted molar refractivity (Wildman–Crippen MR) is 94.7 cm³/mol. The van der Waals surface area contributed by atoms with Gasteiger partial charge in [-0.1, -0.05) is 43.2 Å². The van der Waals surface area contributed by atoms with Crippen LogP contribution in [0.2, 0.25) is 0 Å². The average Bonchev–Trinajstić information content (AvgIpc) is 3.16. The summed E-state index contributed by atoms with van der Waals surface area (Å²) in [5.74, 6) is 0. The fourth-order valence-electron chi connectivity index (χ4n) is 4.08. The molecule has 1 aliphatic carbocycles. The molecule has 3 N–H and O–H groups in total. The standard InChI is InChI=1S/C19H29N3O2/c1-15-11-17(13-22(15)12-16-7-3-2-4-8-16)20-18(24)21-19(14-23)9-5-6-10-19/h2-4,7-8,15,17,23H,5-6,9-14H2,1H3,(H2,20,21,24). The zero-order valence-electron chi connectivity index (χ0n) is 14.5. The summed E-state index contributed by atoms with van der Waals surface area (Å²) < 4.78 is 0. The van der Waals surface area contributed by atoms with Crippen molar-refractivity contribution in [3.05, 3.63) is 35.9 Å². The molecule has 2 aliphatic rings. The third-order valence-electron chi connectivity index (χ3n) is 5.51. The van der Waals surface area contributed by atoms with Crippen molar-refractivity contribution in [2.45, 2.75) is 63.2 Å². The number of likely N-dealkylation sites (tertiary alicyclic amines) is 1. The van der Waals surface area contributed by atoms with Crippen molar-refractivity contribution in [1.82, 2.24) is 15.5 Å². The van der Waals surface area contributed by atoms with Gasteiger partial charge in [0, 0.05) is 25.2 Å². The van der Waals surface area contributed by atoms with E-state index in [2.05, 4.69) is 46.7 Å². The minimum atomic E-state index is -0.405. The van der Waals surface area contributed by atoms with Gasteiger partial charge in [0.15, 0.2) is 0 Å². The van der Waals surface area contributed by atoms with E-state index < -0.39 is 5.54 Å².